The van der Waals surface area contributed by atoms with Gasteiger partial charge in [-0.15, -0.1) is 21.5 Å². The number of nitrogens with zero attached hydrogens (tertiary/aromatic N) is 3. The van der Waals surface area contributed by atoms with Gasteiger partial charge in [0, 0.05) is 12.3 Å². The number of nitrogens with one attached hydrogen (secondary N) is 1. The van der Waals surface area contributed by atoms with E-state index < -0.39 is 0 Å². The molecule has 1 aromatic carbocycles. The van der Waals surface area contributed by atoms with Crippen molar-refractivity contribution in [3.05, 3.63) is 52.9 Å². The summed E-state index contributed by atoms with van der Waals surface area (Å²) in [7, 11) is 0. The van der Waals surface area contributed by atoms with E-state index in [9.17, 15) is 9.59 Å². The normalized spacial score (nSPS) is 13.6. The van der Waals surface area contributed by atoms with Crippen LogP contribution in [0, 0.1) is 0 Å². The molecule has 3 aromatic rings. The largest absolute Gasteiger partial charge is 0.315 e. The minimum Gasteiger partial charge on any atom is -0.315 e. The molecule has 0 fully saturated rings. The molecule has 0 radical (unpaired) electrons. The highest BCUT2D eigenvalue weighted by Crippen LogP contribution is 2.25. The first-order chi connectivity index (χ1) is 11.7. The van der Waals surface area contributed by atoms with Crippen LogP contribution in [-0.4, -0.2) is 44.2 Å². The lowest BCUT2D eigenvalue weighted by atomic mass is 10.1. The molecule has 0 spiro atoms. The van der Waals surface area contributed by atoms with Crippen LogP contribution in [0.3, 0.4) is 0 Å². The smallest absolute Gasteiger partial charge is 0.261 e. The molecule has 2 amide bonds. The molecular formula is C16H12N4O2S2. The fourth-order valence-corrected chi connectivity index (χ4v) is 3.91. The molecule has 0 bridgehead atoms. The molecule has 1 aliphatic rings. The van der Waals surface area contributed by atoms with Gasteiger partial charge >= 0.3 is 0 Å². The lowest BCUT2D eigenvalue weighted by molar-refractivity contribution is 0.0664. The number of thiophene rings is 1. The fourth-order valence-electron chi connectivity index (χ4n) is 2.51. The van der Waals surface area contributed by atoms with Gasteiger partial charge in [0.25, 0.3) is 11.8 Å². The van der Waals surface area contributed by atoms with Crippen LogP contribution >= 0.6 is 23.1 Å². The maximum Gasteiger partial charge on any atom is 0.261 e. The summed E-state index contributed by atoms with van der Waals surface area (Å²) in [6.45, 7) is 0.339. The topological polar surface area (TPSA) is 79.0 Å². The molecule has 3 heterocycles. The number of thioether (sulfide) groups is 1. The Bertz CT molecular complexity index is 869. The minimum absolute atomic E-state index is 0.229. The van der Waals surface area contributed by atoms with Gasteiger partial charge in [-0.1, -0.05) is 30.0 Å². The summed E-state index contributed by atoms with van der Waals surface area (Å²) < 4.78 is 0. The maximum atomic E-state index is 12.3. The Labute approximate surface area is 145 Å². The molecule has 8 heteroatoms. The summed E-state index contributed by atoms with van der Waals surface area (Å²) in [6, 6.07) is 10.8. The van der Waals surface area contributed by atoms with Crippen molar-refractivity contribution in [3.63, 3.8) is 0 Å². The standard InChI is InChI=1S/C16H12N4O2S2/c21-14-10-4-1-2-5-11(10)15(22)20(14)7-9-24-16-17-13(18-19-16)12-6-3-8-23-12/h1-6,8H,7,9H2,(H,17,18,19). The zero-order valence-corrected chi connectivity index (χ0v) is 14.1. The van der Waals surface area contributed by atoms with Gasteiger partial charge in [0.15, 0.2) is 11.0 Å². The van der Waals surface area contributed by atoms with E-state index in [0.717, 1.165) is 10.7 Å². The van der Waals surface area contributed by atoms with Crippen LogP contribution in [0.2, 0.25) is 0 Å². The van der Waals surface area contributed by atoms with Crippen LogP contribution in [0.25, 0.3) is 10.7 Å². The lowest BCUT2D eigenvalue weighted by Gasteiger charge is -2.12. The lowest BCUT2D eigenvalue weighted by Crippen LogP contribution is -2.31. The van der Waals surface area contributed by atoms with E-state index in [-0.39, 0.29) is 11.8 Å². The molecule has 0 saturated carbocycles. The molecule has 2 aromatic heterocycles. The van der Waals surface area contributed by atoms with Gasteiger partial charge in [-0.25, -0.2) is 0 Å². The first-order valence-electron chi connectivity index (χ1n) is 7.28. The minimum atomic E-state index is -0.229. The zero-order chi connectivity index (χ0) is 16.5. The summed E-state index contributed by atoms with van der Waals surface area (Å²) in [6.07, 6.45) is 0. The van der Waals surface area contributed by atoms with Gasteiger partial charge in [0.2, 0.25) is 0 Å². The Morgan fingerprint density at radius 3 is 2.46 bits per heavy atom. The molecule has 120 valence electrons. The highest BCUT2D eigenvalue weighted by atomic mass is 32.2. The number of H-pyrrole nitrogens is 1. The quantitative estimate of drug-likeness (QED) is 0.562. The van der Waals surface area contributed by atoms with Crippen LogP contribution in [0.5, 0.6) is 0 Å². The van der Waals surface area contributed by atoms with E-state index in [1.807, 2.05) is 17.5 Å². The average molecular weight is 356 g/mol. The van der Waals surface area contributed by atoms with Gasteiger partial charge in [-0.2, -0.15) is 0 Å². The second kappa shape index (κ2) is 6.21. The van der Waals surface area contributed by atoms with E-state index in [1.165, 1.54) is 16.7 Å². The van der Waals surface area contributed by atoms with Crippen molar-refractivity contribution in [2.75, 3.05) is 12.3 Å². The summed E-state index contributed by atoms with van der Waals surface area (Å²) in [5.74, 6) is 0.833. The van der Waals surface area contributed by atoms with E-state index in [2.05, 4.69) is 15.2 Å². The molecule has 6 nitrogen and oxygen atoms in total. The Balaban J connectivity index is 1.39. The second-order valence-corrected chi connectivity index (χ2v) is 7.14. The van der Waals surface area contributed by atoms with Gasteiger partial charge < -0.3 is 4.98 Å². The average Bonchev–Trinajstić information content (AvgIpc) is 3.32. The van der Waals surface area contributed by atoms with Crippen LogP contribution in [0.1, 0.15) is 20.7 Å². The first kappa shape index (κ1) is 15.1. The van der Waals surface area contributed by atoms with Crippen molar-refractivity contribution >= 4 is 34.9 Å². The number of aromatic amines is 1. The van der Waals surface area contributed by atoms with Gasteiger partial charge in [0.05, 0.1) is 16.0 Å². The fraction of sp³-hybridized carbons (Fsp3) is 0.125. The number of hydrogen-bond donors (Lipinski definition) is 1. The van der Waals surface area contributed by atoms with E-state index in [0.29, 0.717) is 28.6 Å². The molecular weight excluding hydrogens is 344 g/mol. The van der Waals surface area contributed by atoms with Crippen molar-refractivity contribution in [1.29, 1.82) is 0 Å². The molecule has 1 N–H and O–H groups in total. The number of fused-ring (bicyclic) bond motifs is 1. The number of benzene rings is 1. The number of carbonyl (C=O) groups is 2. The summed E-state index contributed by atoms with van der Waals surface area (Å²) in [5.41, 5.74) is 0.958. The molecule has 24 heavy (non-hydrogen) atoms. The zero-order valence-electron chi connectivity index (χ0n) is 12.4. The number of hydrogen-bond acceptors (Lipinski definition) is 6. The molecule has 4 rings (SSSR count). The Morgan fingerprint density at radius 2 is 1.79 bits per heavy atom. The third-order valence-electron chi connectivity index (χ3n) is 3.65. The summed E-state index contributed by atoms with van der Waals surface area (Å²) in [4.78, 5) is 30.0. The van der Waals surface area contributed by atoms with Gasteiger partial charge in [-0.3, -0.25) is 14.5 Å². The summed E-state index contributed by atoms with van der Waals surface area (Å²) >= 11 is 3.02. The molecule has 0 atom stereocenters. The highest BCUT2D eigenvalue weighted by molar-refractivity contribution is 7.99. The predicted octanol–water partition coefficient (Wildman–Crippen LogP) is 2.92. The predicted molar refractivity (Wildman–Crippen MR) is 92.2 cm³/mol. The van der Waals surface area contributed by atoms with Crippen LogP contribution < -0.4 is 0 Å². The third-order valence-corrected chi connectivity index (χ3v) is 5.37. The second-order valence-electron chi connectivity index (χ2n) is 5.11. The number of imide groups is 1. The molecule has 0 aliphatic carbocycles. The molecule has 1 aliphatic heterocycles. The van der Waals surface area contributed by atoms with E-state index >= 15 is 0 Å². The third kappa shape index (κ3) is 2.63. The van der Waals surface area contributed by atoms with Crippen molar-refractivity contribution in [2.45, 2.75) is 5.16 Å². The molecule has 0 saturated heterocycles. The monoisotopic (exact) mass is 356 g/mol. The number of aromatic nitrogens is 3. The first-order valence-corrected chi connectivity index (χ1v) is 9.15. The van der Waals surface area contributed by atoms with Crippen molar-refractivity contribution in [1.82, 2.24) is 20.1 Å². The maximum absolute atomic E-state index is 12.3. The van der Waals surface area contributed by atoms with Crippen LogP contribution in [0.15, 0.2) is 46.9 Å². The van der Waals surface area contributed by atoms with Gasteiger partial charge in [-0.05, 0) is 23.6 Å². The van der Waals surface area contributed by atoms with Crippen molar-refractivity contribution < 1.29 is 9.59 Å². The van der Waals surface area contributed by atoms with Crippen molar-refractivity contribution in [2.24, 2.45) is 0 Å². The summed E-state index contributed by atoms with van der Waals surface area (Å²) in [5, 5.41) is 10.9. The number of carbonyl (C=O) groups excluding carboxylic acids is 2. The van der Waals surface area contributed by atoms with Gasteiger partial charge in [0.1, 0.15) is 0 Å². The number of rotatable bonds is 5. The Morgan fingerprint density at radius 1 is 1.04 bits per heavy atom. The molecule has 0 unspecified atom stereocenters. The van der Waals surface area contributed by atoms with Crippen LogP contribution in [0.4, 0.5) is 0 Å². The van der Waals surface area contributed by atoms with Crippen molar-refractivity contribution in [3.8, 4) is 10.7 Å². The number of amides is 2. The Hall–Kier alpha value is -2.45. The Kier molecular flexibility index (Phi) is 3.91. The van der Waals surface area contributed by atoms with Crippen LogP contribution in [-0.2, 0) is 0 Å². The highest BCUT2D eigenvalue weighted by Gasteiger charge is 2.34. The van der Waals surface area contributed by atoms with E-state index in [4.69, 9.17) is 0 Å². The van der Waals surface area contributed by atoms with E-state index in [1.54, 1.807) is 35.6 Å². The SMILES string of the molecule is O=C1c2ccccc2C(=O)N1CCSc1nnc(-c2cccs2)[nH]1.